The van der Waals surface area contributed by atoms with Gasteiger partial charge >= 0.3 is 0 Å². The zero-order valence-electron chi connectivity index (χ0n) is 21.9. The van der Waals surface area contributed by atoms with Gasteiger partial charge in [0, 0.05) is 16.7 Å². The third kappa shape index (κ3) is 5.67. The zero-order chi connectivity index (χ0) is 28.3. The molecule has 0 fully saturated rings. The number of nitriles is 1. The van der Waals surface area contributed by atoms with Crippen LogP contribution in [-0.2, 0) is 12.0 Å². The van der Waals surface area contributed by atoms with Crippen molar-refractivity contribution < 1.29 is 18.0 Å². The Hall–Kier alpha value is -5.07. The summed E-state index contributed by atoms with van der Waals surface area (Å²) >= 11 is 0. The van der Waals surface area contributed by atoms with E-state index in [0.29, 0.717) is 28.9 Å². The molecule has 2 heterocycles. The maximum atomic E-state index is 13.4. The van der Waals surface area contributed by atoms with Crippen LogP contribution in [0, 0.1) is 17.1 Å². The lowest BCUT2D eigenvalue weighted by atomic mass is 9.94. The Morgan fingerprint density at radius 3 is 2.52 bits per heavy atom. The van der Waals surface area contributed by atoms with Crippen LogP contribution >= 0.6 is 0 Å². The molecule has 40 heavy (non-hydrogen) atoms. The smallest absolute Gasteiger partial charge is 0.251 e. The van der Waals surface area contributed by atoms with E-state index in [4.69, 9.17) is 14.6 Å². The molecular weight excluding hydrogens is 509 g/mol. The third-order valence-corrected chi connectivity index (χ3v) is 6.54. The Morgan fingerprint density at radius 1 is 1.07 bits per heavy atom. The first-order valence-corrected chi connectivity index (χ1v) is 12.6. The molecule has 200 valence electrons. The Kier molecular flexibility index (Phi) is 7.27. The van der Waals surface area contributed by atoms with Crippen LogP contribution in [0.3, 0.4) is 0 Å². The van der Waals surface area contributed by atoms with Crippen LogP contribution < -0.4 is 11.1 Å². The molecule has 0 aliphatic rings. The predicted octanol–water partition coefficient (Wildman–Crippen LogP) is 5.91. The quantitative estimate of drug-likeness (QED) is 0.252. The lowest BCUT2D eigenvalue weighted by Gasteiger charge is -2.20. The van der Waals surface area contributed by atoms with Crippen molar-refractivity contribution in [2.24, 2.45) is 5.73 Å². The summed E-state index contributed by atoms with van der Waals surface area (Å²) in [6.45, 7) is 3.61. The summed E-state index contributed by atoms with van der Waals surface area (Å²) in [4.78, 5) is 13.4. The molecule has 0 saturated heterocycles. The van der Waals surface area contributed by atoms with E-state index in [1.807, 2.05) is 37.3 Å². The number of aromatic nitrogens is 2. The van der Waals surface area contributed by atoms with Crippen molar-refractivity contribution in [1.82, 2.24) is 15.5 Å². The SMILES string of the molecule is C[C@@H](NC(=O)c1cc(-c2nnc([C@](C)(N)Cc3ccccc3)o2)cc(-c2occc2C#N)c1)c1ccc(F)cc1. The number of nitrogens with one attached hydrogen (secondary N) is 1. The minimum Gasteiger partial charge on any atom is -0.463 e. The fraction of sp³-hybridized carbons (Fsp3) is 0.161. The van der Waals surface area contributed by atoms with E-state index in [0.717, 1.165) is 11.1 Å². The van der Waals surface area contributed by atoms with Gasteiger partial charge in [0.25, 0.3) is 5.91 Å². The highest BCUT2D eigenvalue weighted by Crippen LogP contribution is 2.32. The van der Waals surface area contributed by atoms with Gasteiger partial charge in [-0.1, -0.05) is 42.5 Å². The molecule has 5 aromatic rings. The molecule has 9 heteroatoms. The van der Waals surface area contributed by atoms with E-state index in [-0.39, 0.29) is 23.2 Å². The fourth-order valence-corrected chi connectivity index (χ4v) is 4.42. The van der Waals surface area contributed by atoms with Gasteiger partial charge in [0.05, 0.1) is 23.4 Å². The number of rotatable bonds is 8. The van der Waals surface area contributed by atoms with Crippen LogP contribution in [0.1, 0.15) is 52.8 Å². The number of hydrogen-bond donors (Lipinski definition) is 2. The van der Waals surface area contributed by atoms with Crippen LogP contribution in [0.5, 0.6) is 0 Å². The monoisotopic (exact) mass is 535 g/mol. The van der Waals surface area contributed by atoms with E-state index in [1.165, 1.54) is 18.4 Å². The van der Waals surface area contributed by atoms with E-state index in [1.54, 1.807) is 43.3 Å². The Balaban J connectivity index is 1.49. The number of carbonyl (C=O) groups excluding carboxylic acids is 1. The summed E-state index contributed by atoms with van der Waals surface area (Å²) in [7, 11) is 0. The fourth-order valence-electron chi connectivity index (χ4n) is 4.42. The largest absolute Gasteiger partial charge is 0.463 e. The summed E-state index contributed by atoms with van der Waals surface area (Å²) in [5.41, 5.74) is 8.92. The molecule has 2 atom stereocenters. The van der Waals surface area contributed by atoms with Crippen molar-refractivity contribution in [3.05, 3.63) is 119 Å². The van der Waals surface area contributed by atoms with Crippen molar-refractivity contribution >= 4 is 5.91 Å². The van der Waals surface area contributed by atoms with Gasteiger partial charge in [-0.3, -0.25) is 4.79 Å². The molecule has 0 unspecified atom stereocenters. The highest BCUT2D eigenvalue weighted by Gasteiger charge is 2.29. The summed E-state index contributed by atoms with van der Waals surface area (Å²) in [5.74, 6) is -0.0479. The molecule has 0 spiro atoms. The van der Waals surface area contributed by atoms with E-state index < -0.39 is 17.5 Å². The van der Waals surface area contributed by atoms with Crippen molar-refractivity contribution in [1.29, 1.82) is 5.26 Å². The number of hydrogen-bond acceptors (Lipinski definition) is 7. The Labute approximate surface area is 230 Å². The van der Waals surface area contributed by atoms with Crippen LogP contribution in [0.2, 0.25) is 0 Å². The number of halogens is 1. The van der Waals surface area contributed by atoms with Gasteiger partial charge in [-0.05, 0) is 67.8 Å². The second-order valence-corrected chi connectivity index (χ2v) is 9.81. The minimum atomic E-state index is -0.940. The average Bonchev–Trinajstić information content (AvgIpc) is 3.64. The summed E-state index contributed by atoms with van der Waals surface area (Å²) in [6, 6.07) is 23.8. The highest BCUT2D eigenvalue weighted by molar-refractivity contribution is 5.97. The normalized spacial score (nSPS) is 13.3. The molecule has 3 aromatic carbocycles. The van der Waals surface area contributed by atoms with Crippen LogP contribution in [0.25, 0.3) is 22.8 Å². The van der Waals surface area contributed by atoms with Gasteiger partial charge in [0.1, 0.15) is 11.9 Å². The summed E-state index contributed by atoms with van der Waals surface area (Å²) in [6.07, 6.45) is 1.88. The van der Waals surface area contributed by atoms with Gasteiger partial charge < -0.3 is 19.9 Å². The third-order valence-electron chi connectivity index (χ3n) is 6.54. The molecule has 0 aliphatic carbocycles. The molecule has 5 rings (SSSR count). The molecule has 8 nitrogen and oxygen atoms in total. The van der Waals surface area contributed by atoms with Crippen molar-refractivity contribution in [2.45, 2.75) is 31.8 Å². The number of amides is 1. The second-order valence-electron chi connectivity index (χ2n) is 9.81. The van der Waals surface area contributed by atoms with Gasteiger partial charge in [0.2, 0.25) is 11.8 Å². The van der Waals surface area contributed by atoms with Gasteiger partial charge in [0.15, 0.2) is 5.76 Å². The minimum absolute atomic E-state index is 0.160. The van der Waals surface area contributed by atoms with E-state index >= 15 is 0 Å². The molecule has 0 aliphatic heterocycles. The number of furan rings is 1. The standard InChI is InChI=1S/C31H26FN5O3/c1-19(21-8-10-26(32)11-9-21)35-28(38)24-14-23(27-22(18-33)12-13-39-27)15-25(16-24)29-36-37-30(40-29)31(2,34)17-20-6-4-3-5-7-20/h3-16,19H,17,34H2,1-2H3,(H,35,38)/t19-,31-/m1/s1. The van der Waals surface area contributed by atoms with Crippen molar-refractivity contribution in [2.75, 3.05) is 0 Å². The molecule has 3 N–H and O–H groups in total. The highest BCUT2D eigenvalue weighted by atomic mass is 19.1. The number of carbonyl (C=O) groups is 1. The first-order valence-electron chi connectivity index (χ1n) is 12.6. The molecule has 0 saturated carbocycles. The van der Waals surface area contributed by atoms with Gasteiger partial charge in [-0.25, -0.2) is 4.39 Å². The number of nitrogens with two attached hydrogens (primary N) is 1. The van der Waals surface area contributed by atoms with E-state index in [2.05, 4.69) is 21.6 Å². The number of nitrogens with zero attached hydrogens (tertiary/aromatic N) is 3. The molecular formula is C31H26FN5O3. The van der Waals surface area contributed by atoms with Crippen molar-refractivity contribution in [3.8, 4) is 28.8 Å². The molecule has 0 bridgehead atoms. The van der Waals surface area contributed by atoms with Crippen LogP contribution in [0.15, 0.2) is 94.0 Å². The lowest BCUT2D eigenvalue weighted by Crippen LogP contribution is -2.35. The summed E-state index contributed by atoms with van der Waals surface area (Å²) in [5, 5.41) is 20.9. The molecule has 2 aromatic heterocycles. The first kappa shape index (κ1) is 26.5. The van der Waals surface area contributed by atoms with Crippen molar-refractivity contribution in [3.63, 3.8) is 0 Å². The average molecular weight is 536 g/mol. The Bertz CT molecular complexity index is 1680. The molecule has 1 amide bonds. The van der Waals surface area contributed by atoms with Crippen LogP contribution in [-0.4, -0.2) is 16.1 Å². The zero-order valence-corrected chi connectivity index (χ0v) is 21.9. The topological polar surface area (TPSA) is 131 Å². The van der Waals surface area contributed by atoms with Gasteiger partial charge in [-0.15, -0.1) is 10.2 Å². The lowest BCUT2D eigenvalue weighted by molar-refractivity contribution is 0.0940. The second kappa shape index (κ2) is 11.0. The maximum absolute atomic E-state index is 13.4. The first-order chi connectivity index (χ1) is 19.2. The number of benzene rings is 3. The maximum Gasteiger partial charge on any atom is 0.251 e. The predicted molar refractivity (Wildman–Crippen MR) is 146 cm³/mol. The van der Waals surface area contributed by atoms with E-state index in [9.17, 15) is 14.4 Å². The Morgan fingerprint density at radius 2 is 1.80 bits per heavy atom. The summed E-state index contributed by atoms with van der Waals surface area (Å²) < 4.78 is 25.0. The van der Waals surface area contributed by atoms with Crippen LogP contribution in [0.4, 0.5) is 4.39 Å². The van der Waals surface area contributed by atoms with Gasteiger partial charge in [-0.2, -0.15) is 5.26 Å². The molecule has 0 radical (unpaired) electrons.